The van der Waals surface area contributed by atoms with Crippen molar-refractivity contribution in [3.8, 4) is 5.75 Å². The van der Waals surface area contributed by atoms with Crippen molar-refractivity contribution in [3.63, 3.8) is 0 Å². The maximum absolute atomic E-state index is 12.4. The third kappa shape index (κ3) is 4.76. The molecule has 3 rings (SSSR count). The molecule has 1 amide bonds. The van der Waals surface area contributed by atoms with E-state index in [1.54, 1.807) is 10.9 Å². The molecule has 0 radical (unpaired) electrons. The fourth-order valence-corrected chi connectivity index (χ4v) is 2.70. The van der Waals surface area contributed by atoms with E-state index in [0.717, 1.165) is 16.9 Å². The zero-order valence-corrected chi connectivity index (χ0v) is 15.6. The van der Waals surface area contributed by atoms with Crippen LogP contribution in [0.4, 0.5) is 5.69 Å². The third-order valence-electron chi connectivity index (χ3n) is 4.06. The summed E-state index contributed by atoms with van der Waals surface area (Å²) < 4.78 is 8.68. The molecule has 2 N–H and O–H groups in total. The van der Waals surface area contributed by atoms with Crippen LogP contribution >= 0.6 is 0 Å². The van der Waals surface area contributed by atoms with Crippen molar-refractivity contribution in [1.29, 1.82) is 0 Å². The summed E-state index contributed by atoms with van der Waals surface area (Å²) in [6.45, 7) is 4.32. The molecule has 9 heteroatoms. The van der Waals surface area contributed by atoms with Crippen molar-refractivity contribution in [1.82, 2.24) is 19.6 Å². The van der Waals surface area contributed by atoms with Gasteiger partial charge in [-0.15, -0.1) is 0 Å². The lowest BCUT2D eigenvalue weighted by atomic mass is 10.1. The van der Waals surface area contributed by atoms with E-state index in [4.69, 9.17) is 9.84 Å². The average Bonchev–Trinajstić information content (AvgIpc) is 3.28. The number of carboxylic acid groups (broad SMARTS) is 1. The Morgan fingerprint density at radius 3 is 2.79 bits per heavy atom. The zero-order valence-electron chi connectivity index (χ0n) is 15.6. The molecule has 2 heterocycles. The molecular formula is C19H21N5O4. The molecule has 0 bridgehead atoms. The molecule has 0 saturated carbocycles. The van der Waals surface area contributed by atoms with Crippen LogP contribution in [0.2, 0.25) is 0 Å². The Bertz CT molecular complexity index is 992. The van der Waals surface area contributed by atoms with Crippen LogP contribution in [-0.2, 0) is 18.1 Å². The summed E-state index contributed by atoms with van der Waals surface area (Å²) in [5.74, 6) is -0.571. The first-order valence-corrected chi connectivity index (χ1v) is 8.70. The molecule has 146 valence electrons. The maximum Gasteiger partial charge on any atom is 0.305 e. The first-order valence-electron chi connectivity index (χ1n) is 8.70. The average molecular weight is 383 g/mol. The number of amides is 1. The highest BCUT2D eigenvalue weighted by molar-refractivity contribution is 6.02. The number of rotatable bonds is 8. The number of carboxylic acids is 1. The van der Waals surface area contributed by atoms with Gasteiger partial charge in [-0.25, -0.2) is 4.68 Å². The summed E-state index contributed by atoms with van der Waals surface area (Å²) in [5.41, 5.74) is 2.98. The van der Waals surface area contributed by atoms with Gasteiger partial charge in [0.1, 0.15) is 11.4 Å². The summed E-state index contributed by atoms with van der Waals surface area (Å²) in [6.07, 6.45) is 4.51. The molecule has 3 aromatic rings. The summed E-state index contributed by atoms with van der Waals surface area (Å²) in [7, 11) is 0. The lowest BCUT2D eigenvalue weighted by molar-refractivity contribution is -0.137. The van der Waals surface area contributed by atoms with E-state index in [-0.39, 0.29) is 25.4 Å². The van der Waals surface area contributed by atoms with Gasteiger partial charge in [-0.2, -0.15) is 10.2 Å². The number of hydrogen-bond donors (Lipinski definition) is 2. The van der Waals surface area contributed by atoms with Gasteiger partial charge in [-0.05, 0) is 31.5 Å². The number of nitrogens with zero attached hydrogens (tertiary/aromatic N) is 4. The fraction of sp³-hybridized carbons (Fsp3) is 0.263. The summed E-state index contributed by atoms with van der Waals surface area (Å²) in [4.78, 5) is 23.1. The highest BCUT2D eigenvalue weighted by atomic mass is 16.5. The van der Waals surface area contributed by atoms with Gasteiger partial charge < -0.3 is 15.2 Å². The molecule has 0 aliphatic carbocycles. The highest BCUT2D eigenvalue weighted by Crippen LogP contribution is 2.19. The molecule has 0 aliphatic heterocycles. The molecule has 0 aliphatic rings. The Kier molecular flexibility index (Phi) is 5.73. The molecule has 1 aromatic carbocycles. The van der Waals surface area contributed by atoms with Crippen LogP contribution in [0.15, 0.2) is 42.9 Å². The van der Waals surface area contributed by atoms with Gasteiger partial charge >= 0.3 is 5.97 Å². The topological polar surface area (TPSA) is 111 Å². The van der Waals surface area contributed by atoms with Crippen LogP contribution in [0.5, 0.6) is 5.75 Å². The van der Waals surface area contributed by atoms with E-state index < -0.39 is 11.9 Å². The molecule has 0 spiro atoms. The van der Waals surface area contributed by atoms with Crippen LogP contribution in [0.25, 0.3) is 0 Å². The largest absolute Gasteiger partial charge is 0.481 e. The number of nitrogens with one attached hydrogen (secondary N) is 1. The predicted molar refractivity (Wildman–Crippen MR) is 101 cm³/mol. The molecular weight excluding hydrogens is 362 g/mol. The molecule has 2 aromatic heterocycles. The number of benzene rings is 1. The standard InChI is InChI=1S/C19H21N5O4/c1-13-3-4-17(14(2)9-13)28-12-23-11-15(10-21-23)22-19(27)16-5-7-20-24(16)8-6-18(25)26/h3-5,7,9-11H,6,8,12H2,1-2H3,(H,22,27)(H,25,26). The van der Waals surface area contributed by atoms with Crippen LogP contribution in [0.1, 0.15) is 28.0 Å². The van der Waals surface area contributed by atoms with E-state index >= 15 is 0 Å². The van der Waals surface area contributed by atoms with Crippen molar-refractivity contribution in [2.24, 2.45) is 0 Å². The highest BCUT2D eigenvalue weighted by Gasteiger charge is 2.14. The summed E-state index contributed by atoms with van der Waals surface area (Å²) in [6, 6.07) is 7.46. The minimum absolute atomic E-state index is 0.115. The van der Waals surface area contributed by atoms with Gasteiger partial charge in [0.25, 0.3) is 5.91 Å². The second-order valence-electron chi connectivity index (χ2n) is 6.35. The maximum atomic E-state index is 12.4. The summed E-state index contributed by atoms with van der Waals surface area (Å²) in [5, 5.41) is 19.7. The number of aryl methyl sites for hydroxylation is 3. The fourth-order valence-electron chi connectivity index (χ4n) is 2.70. The van der Waals surface area contributed by atoms with Crippen LogP contribution in [0, 0.1) is 13.8 Å². The van der Waals surface area contributed by atoms with E-state index in [1.165, 1.54) is 23.1 Å². The van der Waals surface area contributed by atoms with E-state index in [2.05, 4.69) is 15.5 Å². The van der Waals surface area contributed by atoms with Crippen molar-refractivity contribution in [2.45, 2.75) is 33.5 Å². The van der Waals surface area contributed by atoms with Crippen LogP contribution < -0.4 is 10.1 Å². The van der Waals surface area contributed by atoms with Gasteiger partial charge in [0.2, 0.25) is 0 Å². The molecule has 28 heavy (non-hydrogen) atoms. The van der Waals surface area contributed by atoms with E-state index in [9.17, 15) is 9.59 Å². The Balaban J connectivity index is 1.59. The number of anilines is 1. The third-order valence-corrected chi connectivity index (χ3v) is 4.06. The first kappa shape index (κ1) is 19.2. The quantitative estimate of drug-likeness (QED) is 0.618. The normalized spacial score (nSPS) is 10.6. The second-order valence-corrected chi connectivity index (χ2v) is 6.35. The molecule has 0 unspecified atom stereocenters. The predicted octanol–water partition coefficient (Wildman–Crippen LogP) is 2.46. The zero-order chi connectivity index (χ0) is 20.1. The molecule has 0 saturated heterocycles. The van der Waals surface area contributed by atoms with Gasteiger partial charge in [-0.1, -0.05) is 17.7 Å². The number of carbonyl (C=O) groups is 2. The Hall–Kier alpha value is -3.62. The van der Waals surface area contributed by atoms with Crippen LogP contribution in [-0.4, -0.2) is 36.5 Å². The van der Waals surface area contributed by atoms with E-state index in [1.807, 2.05) is 32.0 Å². The number of aromatic nitrogens is 4. The van der Waals surface area contributed by atoms with Crippen molar-refractivity contribution in [2.75, 3.05) is 5.32 Å². The van der Waals surface area contributed by atoms with Crippen molar-refractivity contribution < 1.29 is 19.4 Å². The lowest BCUT2D eigenvalue weighted by Gasteiger charge is -2.09. The van der Waals surface area contributed by atoms with Gasteiger partial charge in [0.15, 0.2) is 6.73 Å². The molecule has 0 fully saturated rings. The smallest absolute Gasteiger partial charge is 0.305 e. The molecule has 9 nitrogen and oxygen atoms in total. The van der Waals surface area contributed by atoms with Crippen LogP contribution in [0.3, 0.4) is 0 Å². The van der Waals surface area contributed by atoms with Gasteiger partial charge in [0.05, 0.1) is 31.0 Å². The monoisotopic (exact) mass is 383 g/mol. The lowest BCUT2D eigenvalue weighted by Crippen LogP contribution is -2.18. The number of carbonyl (C=O) groups excluding carboxylic acids is 1. The van der Waals surface area contributed by atoms with E-state index in [0.29, 0.717) is 5.69 Å². The Morgan fingerprint density at radius 2 is 2.04 bits per heavy atom. The summed E-state index contributed by atoms with van der Waals surface area (Å²) >= 11 is 0. The minimum Gasteiger partial charge on any atom is -0.481 e. The Labute approximate surface area is 161 Å². The Morgan fingerprint density at radius 1 is 1.21 bits per heavy atom. The number of ether oxygens (including phenoxy) is 1. The number of hydrogen-bond acceptors (Lipinski definition) is 5. The second kappa shape index (κ2) is 8.38. The minimum atomic E-state index is -0.952. The van der Waals surface area contributed by atoms with Crippen molar-refractivity contribution in [3.05, 3.63) is 59.7 Å². The number of aliphatic carboxylic acids is 1. The van der Waals surface area contributed by atoms with Crippen molar-refractivity contribution >= 4 is 17.6 Å². The van der Waals surface area contributed by atoms with Gasteiger partial charge in [-0.3, -0.25) is 14.3 Å². The molecule has 0 atom stereocenters. The first-order chi connectivity index (χ1) is 13.4. The SMILES string of the molecule is Cc1ccc(OCn2cc(NC(=O)c3ccnn3CCC(=O)O)cn2)c(C)c1. The van der Waals surface area contributed by atoms with Gasteiger partial charge in [0, 0.05) is 6.20 Å².